The lowest BCUT2D eigenvalue weighted by Gasteiger charge is -2.45. The Balaban J connectivity index is 1.03. The van der Waals surface area contributed by atoms with Crippen LogP contribution in [-0.2, 0) is 98.4 Å². The highest BCUT2D eigenvalue weighted by atomic mass is 16.8. The summed E-state index contributed by atoms with van der Waals surface area (Å²) in [5, 5.41) is 0. The number of hydrogen-bond donors (Lipinski definition) is 0. The molecule has 2 saturated heterocycles. The zero-order chi connectivity index (χ0) is 49.7. The molecule has 0 spiro atoms. The molecule has 0 saturated carbocycles. The Morgan fingerprint density at radius 2 is 0.685 bits per heavy atom. The van der Waals surface area contributed by atoms with E-state index in [1.54, 1.807) is 7.11 Å². The van der Waals surface area contributed by atoms with Crippen LogP contribution in [-0.4, -0.2) is 81.7 Å². The predicted molar refractivity (Wildman–Crippen MR) is 276 cm³/mol. The summed E-state index contributed by atoms with van der Waals surface area (Å²) in [4.78, 5) is 0. The van der Waals surface area contributed by atoms with Crippen molar-refractivity contribution in [1.29, 1.82) is 0 Å². The standard InChI is InChI=1S/C62H66O11/c1-63-61-59(69-42-51-33-19-7-20-34-51)57(67-40-49-29-15-5-16-30-49)55(66-39-48-27-13-4-14-28-48)54(72-61)45-71-62-60(70-43-52-35-21-8-22-36-52)58(68-41-50-31-17-6-18-32-50)56(73-62)53(65-38-47-25-11-3-12-26-47)44-64-37-46-23-9-2-10-24-46/h2-36,53-62H,37-45H2,1H3/t53-,54-,55-,56+,57+,58+,59+,60-,61+,62+/m1/s1. The van der Waals surface area contributed by atoms with Gasteiger partial charge in [0.25, 0.3) is 0 Å². The van der Waals surface area contributed by atoms with Crippen LogP contribution in [0.5, 0.6) is 0 Å². The Morgan fingerprint density at radius 3 is 1.10 bits per heavy atom. The van der Waals surface area contributed by atoms with E-state index in [1.165, 1.54) is 0 Å². The highest BCUT2D eigenvalue weighted by Crippen LogP contribution is 2.36. The molecule has 0 aromatic heterocycles. The van der Waals surface area contributed by atoms with Crippen molar-refractivity contribution in [2.75, 3.05) is 20.3 Å². The average Bonchev–Trinajstić information content (AvgIpc) is 3.80. The maximum absolute atomic E-state index is 7.11. The fraction of sp³-hybridized carbons (Fsp3) is 0.323. The van der Waals surface area contributed by atoms with Gasteiger partial charge >= 0.3 is 0 Å². The van der Waals surface area contributed by atoms with Crippen molar-refractivity contribution in [2.45, 2.75) is 108 Å². The lowest BCUT2D eigenvalue weighted by Crippen LogP contribution is -2.61. The van der Waals surface area contributed by atoms with Gasteiger partial charge in [-0.15, -0.1) is 0 Å². The minimum Gasteiger partial charge on any atom is -0.374 e. The number of ether oxygens (including phenoxy) is 11. The fourth-order valence-corrected chi connectivity index (χ4v) is 9.12. The topological polar surface area (TPSA) is 102 Å². The molecule has 380 valence electrons. The highest BCUT2D eigenvalue weighted by Gasteiger charge is 2.53. The Kier molecular flexibility index (Phi) is 19.9. The van der Waals surface area contributed by atoms with Crippen LogP contribution in [0.3, 0.4) is 0 Å². The van der Waals surface area contributed by atoms with Gasteiger partial charge in [-0.2, -0.15) is 0 Å². The molecule has 11 nitrogen and oxygen atoms in total. The molecular weight excluding hydrogens is 921 g/mol. The van der Waals surface area contributed by atoms with Crippen molar-refractivity contribution in [3.63, 3.8) is 0 Å². The quantitative estimate of drug-likeness (QED) is 0.0492. The monoisotopic (exact) mass is 986 g/mol. The van der Waals surface area contributed by atoms with E-state index in [2.05, 4.69) is 0 Å². The Hall–Kier alpha value is -5.90. The summed E-state index contributed by atoms with van der Waals surface area (Å²) in [6, 6.07) is 70.4. The SMILES string of the molecule is CO[C@H]1O[C@H](CO[C@H]2O[C@@H]([C@@H](COCc3ccccc3)OCc3ccccc3)[C@H](OCc3ccccc3)[C@H]2OCc2ccccc2)[C@@H](OCc2ccccc2)[C@H](OCc2ccccc2)[C@@H]1OCc1ccccc1. The molecule has 9 rings (SSSR count). The van der Waals surface area contributed by atoms with E-state index in [9.17, 15) is 0 Å². The van der Waals surface area contributed by atoms with Crippen LogP contribution < -0.4 is 0 Å². The van der Waals surface area contributed by atoms with E-state index in [1.807, 2.05) is 212 Å². The number of methoxy groups -OCH3 is 1. The van der Waals surface area contributed by atoms with Crippen LogP contribution in [0, 0.1) is 0 Å². The summed E-state index contributed by atoms with van der Waals surface area (Å²) in [7, 11) is 1.61. The summed E-state index contributed by atoms with van der Waals surface area (Å²) >= 11 is 0. The third kappa shape index (κ3) is 15.3. The molecule has 0 radical (unpaired) electrons. The van der Waals surface area contributed by atoms with Crippen molar-refractivity contribution in [3.8, 4) is 0 Å². The van der Waals surface area contributed by atoms with Crippen LogP contribution >= 0.6 is 0 Å². The summed E-state index contributed by atoms with van der Waals surface area (Å²) < 4.78 is 74.8. The molecule has 7 aromatic rings. The summed E-state index contributed by atoms with van der Waals surface area (Å²) in [5.74, 6) is 0. The average molecular weight is 987 g/mol. The van der Waals surface area contributed by atoms with Crippen molar-refractivity contribution in [1.82, 2.24) is 0 Å². The third-order valence-electron chi connectivity index (χ3n) is 12.9. The first-order valence-corrected chi connectivity index (χ1v) is 25.2. The first kappa shape index (κ1) is 52.0. The third-order valence-corrected chi connectivity index (χ3v) is 12.9. The normalized spacial score (nSPS) is 23.3. The molecule has 0 bridgehead atoms. The summed E-state index contributed by atoms with van der Waals surface area (Å²) in [6.07, 6.45) is -7.29. The Morgan fingerprint density at radius 1 is 0.342 bits per heavy atom. The minimum absolute atomic E-state index is 0.00392. The lowest BCUT2D eigenvalue weighted by molar-refractivity contribution is -0.329. The first-order valence-electron chi connectivity index (χ1n) is 25.2. The molecule has 2 fully saturated rings. The number of rotatable bonds is 27. The molecule has 11 heteroatoms. The second-order valence-electron chi connectivity index (χ2n) is 18.2. The second-order valence-corrected chi connectivity index (χ2v) is 18.2. The van der Waals surface area contributed by atoms with Gasteiger partial charge in [0.15, 0.2) is 12.6 Å². The molecular formula is C62H66O11. The van der Waals surface area contributed by atoms with E-state index in [-0.39, 0.29) is 26.4 Å². The molecule has 2 aliphatic heterocycles. The minimum atomic E-state index is -0.957. The van der Waals surface area contributed by atoms with Gasteiger partial charge in [0.1, 0.15) is 48.8 Å². The lowest BCUT2D eigenvalue weighted by atomic mass is 9.97. The smallest absolute Gasteiger partial charge is 0.187 e. The van der Waals surface area contributed by atoms with Crippen LogP contribution in [0.15, 0.2) is 212 Å². The van der Waals surface area contributed by atoms with Crippen molar-refractivity contribution < 1.29 is 52.1 Å². The van der Waals surface area contributed by atoms with Gasteiger partial charge < -0.3 is 52.1 Å². The largest absolute Gasteiger partial charge is 0.374 e. The van der Waals surface area contributed by atoms with Gasteiger partial charge in [-0.3, -0.25) is 0 Å². The van der Waals surface area contributed by atoms with Gasteiger partial charge in [0.2, 0.25) is 0 Å². The maximum Gasteiger partial charge on any atom is 0.187 e. The number of hydrogen-bond acceptors (Lipinski definition) is 11. The number of benzene rings is 7. The Bertz CT molecular complexity index is 2560. The highest BCUT2D eigenvalue weighted by molar-refractivity contribution is 5.19. The Labute approximate surface area is 429 Å². The van der Waals surface area contributed by atoms with Crippen molar-refractivity contribution in [3.05, 3.63) is 251 Å². The predicted octanol–water partition coefficient (Wildman–Crippen LogP) is 10.8. The summed E-state index contributed by atoms with van der Waals surface area (Å²) in [6.45, 7) is 2.36. The first-order chi connectivity index (χ1) is 36.2. The van der Waals surface area contributed by atoms with Crippen molar-refractivity contribution >= 4 is 0 Å². The molecule has 0 unspecified atom stereocenters. The van der Waals surface area contributed by atoms with E-state index in [0.29, 0.717) is 33.0 Å². The van der Waals surface area contributed by atoms with Gasteiger partial charge in [-0.05, 0) is 38.9 Å². The van der Waals surface area contributed by atoms with Gasteiger partial charge in [0, 0.05) is 7.11 Å². The van der Waals surface area contributed by atoms with Gasteiger partial charge in [-0.1, -0.05) is 212 Å². The molecule has 73 heavy (non-hydrogen) atoms. The second kappa shape index (κ2) is 28.0. The van der Waals surface area contributed by atoms with Gasteiger partial charge in [0.05, 0.1) is 59.5 Å². The van der Waals surface area contributed by atoms with Crippen LogP contribution in [0.1, 0.15) is 38.9 Å². The van der Waals surface area contributed by atoms with E-state index in [0.717, 1.165) is 38.9 Å². The van der Waals surface area contributed by atoms with Crippen LogP contribution in [0.4, 0.5) is 0 Å². The molecule has 0 amide bonds. The zero-order valence-electron chi connectivity index (χ0n) is 41.3. The zero-order valence-corrected chi connectivity index (χ0v) is 41.3. The molecule has 10 atom stereocenters. The maximum atomic E-state index is 7.11. The molecule has 2 aliphatic rings. The van der Waals surface area contributed by atoms with Crippen molar-refractivity contribution in [2.24, 2.45) is 0 Å². The molecule has 0 N–H and O–H groups in total. The molecule has 0 aliphatic carbocycles. The summed E-state index contributed by atoms with van der Waals surface area (Å²) in [5.41, 5.74) is 7.04. The van der Waals surface area contributed by atoms with E-state index >= 15 is 0 Å². The van der Waals surface area contributed by atoms with Crippen LogP contribution in [0.25, 0.3) is 0 Å². The molecule has 2 heterocycles. The fourth-order valence-electron chi connectivity index (χ4n) is 9.12. The van der Waals surface area contributed by atoms with Gasteiger partial charge in [-0.25, -0.2) is 0 Å². The molecule has 7 aromatic carbocycles. The van der Waals surface area contributed by atoms with E-state index in [4.69, 9.17) is 52.1 Å². The van der Waals surface area contributed by atoms with E-state index < -0.39 is 61.4 Å². The van der Waals surface area contributed by atoms with Crippen LogP contribution in [0.2, 0.25) is 0 Å².